The van der Waals surface area contributed by atoms with E-state index in [0.29, 0.717) is 23.5 Å². The van der Waals surface area contributed by atoms with Crippen molar-refractivity contribution in [3.63, 3.8) is 0 Å². The molecule has 1 heterocycles. The lowest BCUT2D eigenvalue weighted by molar-refractivity contribution is 0.518. The number of hydrogen-bond donors (Lipinski definition) is 1. The Balaban J connectivity index is 2.21. The maximum Gasteiger partial charge on any atom is 0.180 e. The summed E-state index contributed by atoms with van der Waals surface area (Å²) in [5.41, 5.74) is 0.618. The number of rotatable bonds is 6. The van der Waals surface area contributed by atoms with Crippen LogP contribution in [0.25, 0.3) is 0 Å². The molecular formula is C14H17NO3S. The average molecular weight is 279 g/mol. The second-order valence-corrected chi connectivity index (χ2v) is 6.33. The van der Waals surface area contributed by atoms with Crippen molar-refractivity contribution < 1.29 is 12.8 Å². The highest BCUT2D eigenvalue weighted by Gasteiger charge is 2.17. The van der Waals surface area contributed by atoms with E-state index in [9.17, 15) is 8.42 Å². The second-order valence-electron chi connectivity index (χ2n) is 4.25. The summed E-state index contributed by atoms with van der Waals surface area (Å²) in [6, 6.07) is 10.6. The zero-order valence-corrected chi connectivity index (χ0v) is 11.6. The maximum atomic E-state index is 12.2. The van der Waals surface area contributed by atoms with Gasteiger partial charge in [0.1, 0.15) is 5.76 Å². The molecule has 2 rings (SSSR count). The van der Waals surface area contributed by atoms with E-state index >= 15 is 0 Å². The van der Waals surface area contributed by atoms with Crippen molar-refractivity contribution in [2.24, 2.45) is 0 Å². The zero-order valence-electron chi connectivity index (χ0n) is 10.8. The topological polar surface area (TPSA) is 59.3 Å². The highest BCUT2D eigenvalue weighted by atomic mass is 32.2. The summed E-state index contributed by atoms with van der Waals surface area (Å²) in [6.07, 6.45) is 2.20. The van der Waals surface area contributed by atoms with Crippen LogP contribution in [0.1, 0.15) is 19.1 Å². The summed E-state index contributed by atoms with van der Waals surface area (Å²) in [5, 5.41) is 3.11. The van der Waals surface area contributed by atoms with Gasteiger partial charge in [-0.05, 0) is 30.7 Å². The van der Waals surface area contributed by atoms with Gasteiger partial charge in [-0.3, -0.25) is 0 Å². The molecule has 0 amide bonds. The number of para-hydroxylation sites is 1. The van der Waals surface area contributed by atoms with Crippen molar-refractivity contribution in [2.75, 3.05) is 11.1 Å². The van der Waals surface area contributed by atoms with E-state index in [0.717, 1.165) is 5.76 Å². The molecule has 0 fully saturated rings. The third kappa shape index (κ3) is 3.38. The Labute approximate surface area is 113 Å². The van der Waals surface area contributed by atoms with Gasteiger partial charge >= 0.3 is 0 Å². The van der Waals surface area contributed by atoms with Crippen LogP contribution in [-0.4, -0.2) is 14.2 Å². The predicted molar refractivity (Wildman–Crippen MR) is 74.8 cm³/mol. The van der Waals surface area contributed by atoms with Gasteiger partial charge in [-0.1, -0.05) is 19.1 Å². The van der Waals surface area contributed by atoms with Crippen molar-refractivity contribution in [2.45, 2.75) is 24.8 Å². The highest BCUT2D eigenvalue weighted by molar-refractivity contribution is 7.91. The smallest absolute Gasteiger partial charge is 0.180 e. The summed E-state index contributed by atoms with van der Waals surface area (Å²) < 4.78 is 29.5. The lowest BCUT2D eigenvalue weighted by Gasteiger charge is -2.11. The molecule has 0 aliphatic rings. The SMILES string of the molecule is CCCS(=O)(=O)c1ccccc1NCc1ccco1. The molecule has 19 heavy (non-hydrogen) atoms. The van der Waals surface area contributed by atoms with Crippen molar-refractivity contribution in [1.29, 1.82) is 0 Å². The Bertz CT molecular complexity index is 618. The quantitative estimate of drug-likeness (QED) is 0.882. The van der Waals surface area contributed by atoms with Crippen molar-refractivity contribution >= 4 is 15.5 Å². The molecule has 102 valence electrons. The number of hydrogen-bond acceptors (Lipinski definition) is 4. The summed E-state index contributed by atoms with van der Waals surface area (Å²) in [4.78, 5) is 0.350. The van der Waals surface area contributed by atoms with Gasteiger partial charge in [0.2, 0.25) is 0 Å². The molecule has 0 aliphatic heterocycles. The molecule has 2 aromatic rings. The summed E-state index contributed by atoms with van der Waals surface area (Å²) in [5.74, 6) is 0.926. The second kappa shape index (κ2) is 5.93. The van der Waals surface area contributed by atoms with E-state index in [4.69, 9.17) is 4.42 Å². The summed E-state index contributed by atoms with van der Waals surface area (Å²) in [7, 11) is -3.23. The third-order valence-corrected chi connectivity index (χ3v) is 4.70. The Morgan fingerprint density at radius 3 is 2.63 bits per heavy atom. The van der Waals surface area contributed by atoms with Gasteiger partial charge in [-0.25, -0.2) is 8.42 Å². The van der Waals surface area contributed by atoms with Crippen molar-refractivity contribution in [3.05, 3.63) is 48.4 Å². The normalized spacial score (nSPS) is 11.4. The lowest BCUT2D eigenvalue weighted by atomic mass is 10.3. The average Bonchev–Trinajstić information content (AvgIpc) is 2.90. The van der Waals surface area contributed by atoms with Crippen LogP contribution < -0.4 is 5.32 Å². The molecular weight excluding hydrogens is 262 g/mol. The molecule has 1 N–H and O–H groups in total. The number of anilines is 1. The van der Waals surface area contributed by atoms with E-state index in [-0.39, 0.29) is 5.75 Å². The molecule has 0 saturated heterocycles. The van der Waals surface area contributed by atoms with E-state index < -0.39 is 9.84 Å². The van der Waals surface area contributed by atoms with Gasteiger partial charge in [-0.15, -0.1) is 0 Å². The molecule has 0 bridgehead atoms. The molecule has 0 unspecified atom stereocenters. The molecule has 5 heteroatoms. The van der Waals surface area contributed by atoms with Gasteiger partial charge in [0, 0.05) is 0 Å². The lowest BCUT2D eigenvalue weighted by Crippen LogP contribution is -2.10. The van der Waals surface area contributed by atoms with Crippen molar-refractivity contribution in [1.82, 2.24) is 0 Å². The zero-order chi connectivity index (χ0) is 13.7. The minimum atomic E-state index is -3.23. The Morgan fingerprint density at radius 1 is 1.16 bits per heavy atom. The minimum absolute atomic E-state index is 0.159. The molecule has 0 radical (unpaired) electrons. The predicted octanol–water partition coefficient (Wildman–Crippen LogP) is 3.08. The largest absolute Gasteiger partial charge is 0.467 e. The monoisotopic (exact) mass is 279 g/mol. The standard InChI is InChI=1S/C14H17NO3S/c1-2-10-19(16,17)14-8-4-3-7-13(14)15-11-12-6-5-9-18-12/h3-9,15H,2,10-11H2,1H3. The van der Waals surface area contributed by atoms with Crippen LogP contribution >= 0.6 is 0 Å². The number of furan rings is 1. The van der Waals surface area contributed by atoms with Crippen LogP contribution in [0.2, 0.25) is 0 Å². The fourth-order valence-corrected chi connectivity index (χ4v) is 3.38. The number of sulfone groups is 1. The number of nitrogens with one attached hydrogen (secondary N) is 1. The van der Waals surface area contributed by atoms with Crippen LogP contribution in [0.4, 0.5) is 5.69 Å². The first kappa shape index (κ1) is 13.7. The number of benzene rings is 1. The van der Waals surface area contributed by atoms with Crippen LogP contribution in [0, 0.1) is 0 Å². The minimum Gasteiger partial charge on any atom is -0.467 e. The molecule has 0 saturated carbocycles. The highest BCUT2D eigenvalue weighted by Crippen LogP contribution is 2.23. The summed E-state index contributed by atoms with van der Waals surface area (Å²) >= 11 is 0. The van der Waals surface area contributed by atoms with E-state index in [1.165, 1.54) is 0 Å². The van der Waals surface area contributed by atoms with E-state index in [1.807, 2.05) is 19.1 Å². The van der Waals surface area contributed by atoms with Gasteiger partial charge < -0.3 is 9.73 Å². The van der Waals surface area contributed by atoms with Gasteiger partial charge in [-0.2, -0.15) is 0 Å². The Kier molecular flexibility index (Phi) is 4.27. The van der Waals surface area contributed by atoms with E-state index in [2.05, 4.69) is 5.32 Å². The van der Waals surface area contributed by atoms with Crippen molar-refractivity contribution in [3.8, 4) is 0 Å². The summed E-state index contributed by atoms with van der Waals surface area (Å²) in [6.45, 7) is 2.32. The molecule has 4 nitrogen and oxygen atoms in total. The Morgan fingerprint density at radius 2 is 1.95 bits per heavy atom. The van der Waals surface area contributed by atoms with Gasteiger partial charge in [0.15, 0.2) is 9.84 Å². The third-order valence-electron chi connectivity index (χ3n) is 2.73. The molecule has 1 aromatic heterocycles. The Hall–Kier alpha value is -1.75. The first-order chi connectivity index (χ1) is 9.13. The van der Waals surface area contributed by atoms with Crippen LogP contribution in [0.15, 0.2) is 52.0 Å². The molecule has 0 aliphatic carbocycles. The first-order valence-corrected chi connectivity index (χ1v) is 7.87. The van der Waals surface area contributed by atoms with Gasteiger partial charge in [0.25, 0.3) is 0 Å². The van der Waals surface area contributed by atoms with Gasteiger partial charge in [0.05, 0.1) is 29.1 Å². The molecule has 0 spiro atoms. The fraction of sp³-hybridized carbons (Fsp3) is 0.286. The van der Waals surface area contributed by atoms with E-state index in [1.54, 1.807) is 30.5 Å². The van der Waals surface area contributed by atoms with Crippen LogP contribution in [-0.2, 0) is 16.4 Å². The van der Waals surface area contributed by atoms with Crippen LogP contribution in [0.3, 0.4) is 0 Å². The molecule has 1 aromatic carbocycles. The maximum absolute atomic E-state index is 12.2. The van der Waals surface area contributed by atoms with Crippen LogP contribution in [0.5, 0.6) is 0 Å². The fourth-order valence-electron chi connectivity index (χ4n) is 1.86. The molecule has 0 atom stereocenters. The first-order valence-electron chi connectivity index (χ1n) is 6.21.